The Morgan fingerprint density at radius 2 is 2.00 bits per heavy atom. The van der Waals surface area contributed by atoms with Crippen LogP contribution in [0.2, 0.25) is 0 Å². The number of rotatable bonds is 7. The molecule has 1 saturated carbocycles. The number of benzene rings is 1. The molecular formula is C21H20BrN5O3. The number of fused-ring (bicyclic) bond motifs is 2. The van der Waals surface area contributed by atoms with E-state index < -0.39 is 5.97 Å². The predicted molar refractivity (Wildman–Crippen MR) is 116 cm³/mol. The number of imidazole rings is 2. The third-order valence-corrected chi connectivity index (χ3v) is 6.03. The van der Waals surface area contributed by atoms with Crippen molar-refractivity contribution in [1.82, 2.24) is 23.7 Å². The van der Waals surface area contributed by atoms with Crippen LogP contribution in [0.25, 0.3) is 22.1 Å². The molecule has 1 aliphatic rings. The van der Waals surface area contributed by atoms with Gasteiger partial charge in [0.2, 0.25) is 0 Å². The highest BCUT2D eigenvalue weighted by molar-refractivity contribution is 9.10. The number of aromatic nitrogens is 5. The lowest BCUT2D eigenvalue weighted by atomic mass is 10.3. The van der Waals surface area contributed by atoms with Crippen LogP contribution in [-0.4, -0.2) is 34.7 Å². The molecule has 0 aliphatic heterocycles. The summed E-state index contributed by atoms with van der Waals surface area (Å²) in [5, 5.41) is 9.03. The van der Waals surface area contributed by atoms with Crippen LogP contribution in [0, 0.1) is 0 Å². The lowest BCUT2D eigenvalue weighted by Crippen LogP contribution is -2.25. The first-order valence-corrected chi connectivity index (χ1v) is 10.7. The van der Waals surface area contributed by atoms with Gasteiger partial charge in [-0.3, -0.25) is 18.9 Å². The van der Waals surface area contributed by atoms with Crippen LogP contribution in [-0.2, 0) is 17.9 Å². The van der Waals surface area contributed by atoms with Crippen molar-refractivity contribution in [3.8, 4) is 0 Å². The molecule has 1 aromatic carbocycles. The Balaban J connectivity index is 1.61. The fraction of sp³-hybridized carbons (Fsp3) is 0.333. The maximum Gasteiger partial charge on any atom is 0.329 e. The maximum absolute atomic E-state index is 13.2. The van der Waals surface area contributed by atoms with Gasteiger partial charge in [0.05, 0.1) is 34.8 Å². The first-order valence-electron chi connectivity index (χ1n) is 9.94. The highest BCUT2D eigenvalue weighted by Gasteiger charge is 2.29. The second kappa shape index (κ2) is 7.39. The lowest BCUT2D eigenvalue weighted by molar-refractivity contribution is -0.137. The number of pyridine rings is 1. The van der Waals surface area contributed by atoms with Crippen molar-refractivity contribution < 1.29 is 9.90 Å². The highest BCUT2D eigenvalue weighted by atomic mass is 79.9. The minimum atomic E-state index is -0.821. The van der Waals surface area contributed by atoms with Crippen molar-refractivity contribution in [2.45, 2.75) is 44.8 Å². The van der Waals surface area contributed by atoms with E-state index in [0.717, 1.165) is 45.2 Å². The van der Waals surface area contributed by atoms with Crippen LogP contribution in [0.4, 0.5) is 0 Å². The summed E-state index contributed by atoms with van der Waals surface area (Å²) in [5.41, 5.74) is 3.38. The molecule has 0 unspecified atom stereocenters. The average Bonchev–Trinajstić information content (AvgIpc) is 3.44. The first kappa shape index (κ1) is 19.0. The van der Waals surface area contributed by atoms with E-state index in [1.54, 1.807) is 17.0 Å². The van der Waals surface area contributed by atoms with Gasteiger partial charge in [-0.15, -0.1) is 0 Å². The van der Waals surface area contributed by atoms with Crippen molar-refractivity contribution in [3.63, 3.8) is 0 Å². The van der Waals surface area contributed by atoms with Gasteiger partial charge in [-0.1, -0.05) is 15.9 Å². The van der Waals surface area contributed by atoms with Crippen molar-refractivity contribution >= 4 is 44.0 Å². The van der Waals surface area contributed by atoms with Gasteiger partial charge >= 0.3 is 11.7 Å². The Labute approximate surface area is 179 Å². The van der Waals surface area contributed by atoms with E-state index in [1.807, 2.05) is 33.4 Å². The summed E-state index contributed by atoms with van der Waals surface area (Å²) < 4.78 is 6.53. The third-order valence-electron chi connectivity index (χ3n) is 5.54. The van der Waals surface area contributed by atoms with Crippen molar-refractivity contribution in [2.75, 3.05) is 0 Å². The van der Waals surface area contributed by atoms with Crippen LogP contribution >= 0.6 is 15.9 Å². The number of aliphatic carboxylic acids is 1. The van der Waals surface area contributed by atoms with Crippen LogP contribution in [0.15, 0.2) is 45.9 Å². The Morgan fingerprint density at radius 1 is 1.17 bits per heavy atom. The number of hydrogen-bond donors (Lipinski definition) is 1. The van der Waals surface area contributed by atoms with Crippen LogP contribution in [0.5, 0.6) is 0 Å². The number of carbonyl (C=O) groups is 1. The summed E-state index contributed by atoms with van der Waals surface area (Å²) in [4.78, 5) is 33.2. The van der Waals surface area contributed by atoms with Gasteiger partial charge in [0.15, 0.2) is 0 Å². The normalized spacial score (nSPS) is 14.0. The van der Waals surface area contributed by atoms with Gasteiger partial charge in [-0.25, -0.2) is 9.78 Å². The van der Waals surface area contributed by atoms with E-state index in [0.29, 0.717) is 19.5 Å². The topological polar surface area (TPSA) is 94.9 Å². The van der Waals surface area contributed by atoms with Gasteiger partial charge < -0.3 is 9.67 Å². The third kappa shape index (κ3) is 3.32. The minimum Gasteiger partial charge on any atom is -0.481 e. The van der Waals surface area contributed by atoms with E-state index in [4.69, 9.17) is 10.1 Å². The molecule has 9 heteroatoms. The predicted octanol–water partition coefficient (Wildman–Crippen LogP) is 3.56. The average molecular weight is 470 g/mol. The molecule has 1 fully saturated rings. The largest absolute Gasteiger partial charge is 0.481 e. The first-order chi connectivity index (χ1) is 14.5. The van der Waals surface area contributed by atoms with Gasteiger partial charge in [-0.2, -0.15) is 0 Å². The molecule has 0 saturated heterocycles. The minimum absolute atomic E-state index is 0.0502. The van der Waals surface area contributed by atoms with Gasteiger partial charge in [0.25, 0.3) is 0 Å². The van der Waals surface area contributed by atoms with E-state index in [2.05, 4.69) is 20.9 Å². The van der Waals surface area contributed by atoms with Crippen molar-refractivity contribution in [3.05, 3.63) is 57.4 Å². The molecule has 0 spiro atoms. The molecule has 8 nitrogen and oxygen atoms in total. The molecule has 0 atom stereocenters. The quantitative estimate of drug-likeness (QED) is 0.446. The molecule has 30 heavy (non-hydrogen) atoms. The molecule has 154 valence electrons. The summed E-state index contributed by atoms with van der Waals surface area (Å²) in [5.74, 6) is -0.0900. The van der Waals surface area contributed by atoms with Gasteiger partial charge in [0.1, 0.15) is 5.82 Å². The highest BCUT2D eigenvalue weighted by Crippen LogP contribution is 2.36. The van der Waals surface area contributed by atoms with E-state index in [-0.39, 0.29) is 18.2 Å². The fourth-order valence-corrected chi connectivity index (χ4v) is 4.37. The summed E-state index contributed by atoms with van der Waals surface area (Å²) in [6, 6.07) is 7.99. The molecule has 0 bridgehead atoms. The van der Waals surface area contributed by atoms with E-state index >= 15 is 0 Å². The molecule has 4 aromatic rings. The van der Waals surface area contributed by atoms with Crippen LogP contribution < -0.4 is 5.69 Å². The van der Waals surface area contributed by atoms with Crippen LogP contribution in [0.1, 0.15) is 37.5 Å². The Morgan fingerprint density at radius 3 is 2.77 bits per heavy atom. The number of nitrogens with zero attached hydrogens (tertiary/aromatic N) is 5. The van der Waals surface area contributed by atoms with Crippen LogP contribution in [0.3, 0.4) is 0 Å². The number of hydrogen-bond acceptors (Lipinski definition) is 4. The van der Waals surface area contributed by atoms with E-state index in [9.17, 15) is 9.59 Å². The summed E-state index contributed by atoms with van der Waals surface area (Å²) >= 11 is 3.48. The van der Waals surface area contributed by atoms with Gasteiger partial charge in [-0.05, 0) is 43.5 Å². The zero-order chi connectivity index (χ0) is 20.8. The molecule has 3 aromatic heterocycles. The van der Waals surface area contributed by atoms with E-state index in [1.165, 1.54) is 0 Å². The fourth-order valence-electron chi connectivity index (χ4n) is 4.02. The number of aryl methyl sites for hydroxylation is 1. The van der Waals surface area contributed by atoms with Gasteiger partial charge in [0, 0.05) is 29.7 Å². The monoisotopic (exact) mass is 469 g/mol. The lowest BCUT2D eigenvalue weighted by Gasteiger charge is -2.09. The molecule has 1 N–H and O–H groups in total. The molecule has 0 amide bonds. The summed E-state index contributed by atoms with van der Waals surface area (Å²) in [6.45, 7) is 0.828. The maximum atomic E-state index is 13.2. The molecule has 1 aliphatic carbocycles. The number of carboxylic acids is 1. The molecule has 3 heterocycles. The smallest absolute Gasteiger partial charge is 0.329 e. The second-order valence-electron chi connectivity index (χ2n) is 7.64. The summed E-state index contributed by atoms with van der Waals surface area (Å²) in [7, 11) is 0. The van der Waals surface area contributed by atoms with Crippen molar-refractivity contribution in [1.29, 1.82) is 0 Å². The second-order valence-corrected chi connectivity index (χ2v) is 8.56. The molecule has 0 radical (unpaired) electrons. The Hall–Kier alpha value is -2.94. The molecular weight excluding hydrogens is 450 g/mol. The Kier molecular flexibility index (Phi) is 4.69. The number of carboxylic acid groups (broad SMARTS) is 1. The zero-order valence-electron chi connectivity index (χ0n) is 16.2. The zero-order valence-corrected chi connectivity index (χ0v) is 17.7. The number of halogens is 1. The standard InChI is InChI=1S/C21H20BrN5O3/c22-13-3-6-16-15(10-13)24-19(25(16)9-1-2-20(28)29)12-26-18-11-23-8-7-17(18)27(21(26)30)14-4-5-14/h3,6-8,10-11,14H,1-2,4-5,9,12H2,(H,28,29). The Bertz CT molecular complexity index is 1330. The SMILES string of the molecule is O=C(O)CCCn1c(Cn2c(=O)n(C3CC3)c3ccncc32)nc2cc(Br)ccc21. The van der Waals surface area contributed by atoms with Crippen molar-refractivity contribution in [2.24, 2.45) is 0 Å². The molecule has 5 rings (SSSR count). The summed E-state index contributed by atoms with van der Waals surface area (Å²) in [6.07, 6.45) is 6.05.